The molecule has 0 saturated carbocycles. The van der Waals surface area contributed by atoms with Crippen molar-refractivity contribution in [3.63, 3.8) is 0 Å². The van der Waals surface area contributed by atoms with Crippen LogP contribution in [0.1, 0.15) is 6.92 Å². The zero-order valence-corrected chi connectivity index (χ0v) is 19.8. The van der Waals surface area contributed by atoms with Crippen LogP contribution in [0.3, 0.4) is 0 Å². The molecule has 1 aromatic rings. The first-order valence-corrected chi connectivity index (χ1v) is 9.21. The Bertz CT molecular complexity index is 851. The molecular formula is C19H24N3NaO9. The number of amides is 3. The summed E-state index contributed by atoms with van der Waals surface area (Å²) in [4.78, 5) is 35.5. The van der Waals surface area contributed by atoms with Crippen LogP contribution >= 0.6 is 0 Å². The second-order valence-electron chi connectivity index (χ2n) is 6.72. The molecule has 12 nitrogen and oxygen atoms in total. The topological polar surface area (TPSA) is 190 Å². The first kappa shape index (κ1) is 27.7. The fraction of sp³-hybridized carbons (Fsp3) is 0.421. The van der Waals surface area contributed by atoms with Gasteiger partial charge in [-0.3, -0.25) is 4.79 Å². The van der Waals surface area contributed by atoms with Gasteiger partial charge < -0.3 is 50.6 Å². The van der Waals surface area contributed by atoms with Crippen LogP contribution in [0.2, 0.25) is 0 Å². The van der Waals surface area contributed by atoms with Crippen LogP contribution in [0.4, 0.5) is 10.5 Å². The predicted molar refractivity (Wildman–Crippen MR) is 104 cm³/mol. The van der Waals surface area contributed by atoms with Crippen LogP contribution in [-0.4, -0.2) is 77.3 Å². The third-order valence-electron chi connectivity index (χ3n) is 4.45. The van der Waals surface area contributed by atoms with Crippen molar-refractivity contribution in [2.24, 2.45) is 0 Å². The first-order valence-electron chi connectivity index (χ1n) is 9.21. The van der Waals surface area contributed by atoms with E-state index in [1.807, 2.05) is 0 Å². The van der Waals surface area contributed by atoms with Crippen LogP contribution in [-0.2, 0) is 14.3 Å². The number of urea groups is 1. The third-order valence-corrected chi connectivity index (χ3v) is 4.45. The van der Waals surface area contributed by atoms with Gasteiger partial charge in [-0.15, -0.1) is 0 Å². The summed E-state index contributed by atoms with van der Waals surface area (Å²) in [5.74, 6) is -2.55. The van der Waals surface area contributed by atoms with Crippen molar-refractivity contribution >= 4 is 23.6 Å². The van der Waals surface area contributed by atoms with Gasteiger partial charge in [0.15, 0.2) is 0 Å². The van der Waals surface area contributed by atoms with Crippen molar-refractivity contribution in [3.8, 4) is 5.75 Å². The number of hydrogen-bond donors (Lipinski definition) is 6. The minimum absolute atomic E-state index is 0. The van der Waals surface area contributed by atoms with Gasteiger partial charge in [-0.25, -0.2) is 4.79 Å². The Labute approximate surface area is 205 Å². The van der Waals surface area contributed by atoms with E-state index in [0.717, 1.165) is 13.0 Å². The molecule has 5 atom stereocenters. The molecule has 13 heteroatoms. The number of ether oxygens (including phenoxy) is 2. The molecule has 0 unspecified atom stereocenters. The Balaban J connectivity index is 0.00000512. The number of hydrogen-bond acceptors (Lipinski definition) is 9. The molecule has 2 rings (SSSR count). The standard InChI is InChI=1S/C19H25N3O9.Na/c1-9(24)20-15-12(22-19(29)21-10-4-3-5-11(6-10)30-2)7-14(18(27)28)31-17(15)16(26)13(25)8-23;/h3-7,12-13,15-17,23,25-26H,8H2,1-2H3,(H,20,24)(H,27,28)(H2,21,22,29);/q;+1/p-1/t12-,13+,15+,16+,17+;/m0./s1. The third kappa shape index (κ3) is 7.36. The second-order valence-corrected chi connectivity index (χ2v) is 6.72. The number of carbonyl (C=O) groups excluding carboxylic acids is 3. The zero-order valence-electron chi connectivity index (χ0n) is 17.8. The van der Waals surface area contributed by atoms with Gasteiger partial charge >= 0.3 is 35.6 Å². The molecule has 0 aliphatic carbocycles. The molecule has 32 heavy (non-hydrogen) atoms. The average Bonchev–Trinajstić information content (AvgIpc) is 2.73. The first-order chi connectivity index (χ1) is 14.7. The minimum Gasteiger partial charge on any atom is -0.542 e. The summed E-state index contributed by atoms with van der Waals surface area (Å²) in [5.41, 5.74) is 0.372. The Morgan fingerprint density at radius 3 is 2.50 bits per heavy atom. The summed E-state index contributed by atoms with van der Waals surface area (Å²) in [6.07, 6.45) is -4.02. The molecule has 0 fully saturated rings. The number of anilines is 1. The minimum atomic E-state index is -1.80. The molecule has 3 amide bonds. The number of aliphatic carboxylic acids is 1. The number of carbonyl (C=O) groups is 3. The largest absolute Gasteiger partial charge is 1.00 e. The molecule has 0 bridgehead atoms. The van der Waals surface area contributed by atoms with E-state index in [2.05, 4.69) is 16.0 Å². The van der Waals surface area contributed by atoms with Crippen LogP contribution in [0.15, 0.2) is 36.1 Å². The molecule has 170 valence electrons. The predicted octanol–water partition coefficient (Wildman–Crippen LogP) is -5.56. The van der Waals surface area contributed by atoms with E-state index in [0.29, 0.717) is 11.4 Å². The van der Waals surface area contributed by atoms with Gasteiger partial charge in [0, 0.05) is 18.7 Å². The SMILES string of the molecule is COc1cccc(NC(=O)N[C@H]2C=C(C(=O)[O-])O[C@@H]([C@H](O)[C@H](O)CO)[C@@H]2NC(C)=O)c1.[Na+]. The summed E-state index contributed by atoms with van der Waals surface area (Å²) < 4.78 is 10.3. The van der Waals surface area contributed by atoms with Gasteiger partial charge in [0.25, 0.3) is 0 Å². The quantitative estimate of drug-likeness (QED) is 0.205. The van der Waals surface area contributed by atoms with E-state index < -0.39 is 60.7 Å². The van der Waals surface area contributed by atoms with Crippen LogP contribution in [0.5, 0.6) is 5.75 Å². The Hall–Kier alpha value is -2.35. The van der Waals surface area contributed by atoms with Crippen molar-refractivity contribution in [1.29, 1.82) is 0 Å². The molecule has 0 spiro atoms. The Kier molecular flexibility index (Phi) is 10.9. The van der Waals surface area contributed by atoms with Gasteiger partial charge in [-0.1, -0.05) is 6.07 Å². The van der Waals surface area contributed by atoms with Crippen molar-refractivity contribution in [2.75, 3.05) is 19.0 Å². The maximum atomic E-state index is 12.5. The number of aliphatic hydroxyl groups is 3. The smallest absolute Gasteiger partial charge is 0.542 e. The summed E-state index contributed by atoms with van der Waals surface area (Å²) in [5, 5.41) is 48.0. The van der Waals surface area contributed by atoms with Crippen molar-refractivity contribution in [3.05, 3.63) is 36.1 Å². The van der Waals surface area contributed by atoms with Crippen LogP contribution < -0.4 is 55.4 Å². The Morgan fingerprint density at radius 2 is 1.94 bits per heavy atom. The Morgan fingerprint density at radius 1 is 1.25 bits per heavy atom. The second kappa shape index (κ2) is 12.6. The number of carboxylic acids is 1. The van der Waals surface area contributed by atoms with Crippen LogP contribution in [0.25, 0.3) is 0 Å². The van der Waals surface area contributed by atoms with Crippen molar-refractivity contribution < 1.29 is 73.8 Å². The van der Waals surface area contributed by atoms with Crippen molar-refractivity contribution in [1.82, 2.24) is 10.6 Å². The molecule has 6 N–H and O–H groups in total. The van der Waals surface area contributed by atoms with E-state index in [4.69, 9.17) is 14.6 Å². The molecule has 1 aliphatic rings. The number of aliphatic hydroxyl groups excluding tert-OH is 3. The molecule has 0 aromatic heterocycles. The molecule has 1 aliphatic heterocycles. The summed E-state index contributed by atoms with van der Waals surface area (Å²) in [6, 6.07) is 3.31. The maximum Gasteiger partial charge on any atom is 1.00 e. The van der Waals surface area contributed by atoms with Gasteiger partial charge in [0.2, 0.25) is 5.91 Å². The molecule has 1 aromatic carbocycles. The van der Waals surface area contributed by atoms with Crippen molar-refractivity contribution in [2.45, 2.75) is 37.3 Å². The van der Waals surface area contributed by atoms with Gasteiger partial charge in [0.05, 0.1) is 25.8 Å². The van der Waals surface area contributed by atoms with Crippen LogP contribution in [0, 0.1) is 0 Å². The van der Waals surface area contributed by atoms with Gasteiger partial charge in [0.1, 0.15) is 35.8 Å². The summed E-state index contributed by atoms with van der Waals surface area (Å²) in [6.45, 7) is 0.309. The molecule has 0 saturated heterocycles. The van der Waals surface area contributed by atoms with E-state index in [-0.39, 0.29) is 29.6 Å². The van der Waals surface area contributed by atoms with Gasteiger partial charge in [-0.05, 0) is 18.2 Å². The molecule has 0 radical (unpaired) electrons. The van der Waals surface area contributed by atoms with E-state index in [1.54, 1.807) is 24.3 Å². The molecule has 1 heterocycles. The number of benzene rings is 1. The number of rotatable bonds is 8. The summed E-state index contributed by atoms with van der Waals surface area (Å²) >= 11 is 0. The fourth-order valence-electron chi connectivity index (χ4n) is 3.01. The number of methoxy groups -OCH3 is 1. The monoisotopic (exact) mass is 461 g/mol. The maximum absolute atomic E-state index is 12.5. The van der Waals surface area contributed by atoms with Gasteiger partial charge in [-0.2, -0.15) is 0 Å². The van der Waals surface area contributed by atoms with E-state index >= 15 is 0 Å². The normalized spacial score (nSPS) is 21.5. The zero-order chi connectivity index (χ0) is 23.1. The summed E-state index contributed by atoms with van der Waals surface area (Å²) in [7, 11) is 1.46. The number of nitrogens with one attached hydrogen (secondary N) is 3. The average molecular weight is 461 g/mol. The fourth-order valence-corrected chi connectivity index (χ4v) is 3.01. The van der Waals surface area contributed by atoms with E-state index in [1.165, 1.54) is 7.11 Å². The number of carboxylic acid groups (broad SMARTS) is 1. The van der Waals surface area contributed by atoms with E-state index in [9.17, 15) is 29.7 Å². The molecular weight excluding hydrogens is 437 g/mol.